The molecule has 0 aliphatic carbocycles. The summed E-state index contributed by atoms with van der Waals surface area (Å²) in [6.07, 6.45) is -5.06. The number of benzene rings is 1. The second kappa shape index (κ2) is 3.76. The van der Waals surface area contributed by atoms with Gasteiger partial charge in [-0.05, 0) is 12.1 Å². The molecule has 0 fully saturated rings. The zero-order valence-electron chi connectivity index (χ0n) is 7.01. The number of rotatable bonds is 2. The topological polar surface area (TPSA) is 46.5 Å². The van der Waals surface area contributed by atoms with Crippen LogP contribution in [0.15, 0.2) is 18.2 Å². The Bertz CT molecular complexity index is 386. The standard InChI is InChI=1S/C8H4F4O3/c9-4-2-1-3-5(6(4)7(13)14)15-8(10,11)12/h1-3H,(H,13,14). The highest BCUT2D eigenvalue weighted by atomic mass is 19.4. The normalized spacial score (nSPS) is 11.2. The summed E-state index contributed by atoms with van der Waals surface area (Å²) < 4.78 is 51.5. The Hall–Kier alpha value is -1.79. The van der Waals surface area contributed by atoms with Crippen molar-refractivity contribution >= 4 is 5.97 Å². The number of hydrogen-bond acceptors (Lipinski definition) is 2. The van der Waals surface area contributed by atoms with Crippen molar-refractivity contribution in [3.8, 4) is 5.75 Å². The summed E-state index contributed by atoms with van der Waals surface area (Å²) >= 11 is 0. The van der Waals surface area contributed by atoms with Crippen LogP contribution in [0.1, 0.15) is 10.4 Å². The van der Waals surface area contributed by atoms with Gasteiger partial charge in [0.25, 0.3) is 0 Å². The second-order valence-corrected chi connectivity index (χ2v) is 2.47. The van der Waals surface area contributed by atoms with Crippen molar-refractivity contribution in [1.29, 1.82) is 0 Å². The van der Waals surface area contributed by atoms with Gasteiger partial charge in [0.2, 0.25) is 0 Å². The summed E-state index contributed by atoms with van der Waals surface area (Å²) in [4.78, 5) is 10.4. The SMILES string of the molecule is O=C(O)c1c(F)cccc1OC(F)(F)F. The molecule has 0 saturated carbocycles. The molecule has 1 rings (SSSR count). The van der Waals surface area contributed by atoms with Gasteiger partial charge >= 0.3 is 12.3 Å². The van der Waals surface area contributed by atoms with Crippen LogP contribution in [-0.4, -0.2) is 17.4 Å². The van der Waals surface area contributed by atoms with Gasteiger partial charge in [0.15, 0.2) is 0 Å². The van der Waals surface area contributed by atoms with Crippen LogP contribution < -0.4 is 4.74 Å². The molecule has 0 bridgehead atoms. The molecule has 0 saturated heterocycles. The number of carbonyl (C=O) groups is 1. The Balaban J connectivity index is 3.18. The van der Waals surface area contributed by atoms with Crippen LogP contribution in [0.5, 0.6) is 5.75 Å². The Morgan fingerprint density at radius 2 is 1.93 bits per heavy atom. The quantitative estimate of drug-likeness (QED) is 0.784. The summed E-state index contributed by atoms with van der Waals surface area (Å²) in [5.41, 5.74) is -1.14. The first-order valence-corrected chi connectivity index (χ1v) is 3.59. The van der Waals surface area contributed by atoms with E-state index in [9.17, 15) is 22.4 Å². The van der Waals surface area contributed by atoms with E-state index in [1.54, 1.807) is 0 Å². The Morgan fingerprint density at radius 3 is 2.40 bits per heavy atom. The highest BCUT2D eigenvalue weighted by Crippen LogP contribution is 2.27. The molecule has 0 unspecified atom stereocenters. The van der Waals surface area contributed by atoms with Crippen molar-refractivity contribution in [1.82, 2.24) is 0 Å². The van der Waals surface area contributed by atoms with Crippen LogP contribution in [-0.2, 0) is 0 Å². The van der Waals surface area contributed by atoms with E-state index in [4.69, 9.17) is 5.11 Å². The summed E-state index contributed by atoms with van der Waals surface area (Å²) in [5, 5.41) is 8.46. The first-order valence-electron chi connectivity index (χ1n) is 3.59. The lowest BCUT2D eigenvalue weighted by Gasteiger charge is -2.11. The number of carboxylic acids is 1. The summed E-state index contributed by atoms with van der Waals surface area (Å²) in [7, 11) is 0. The molecule has 15 heavy (non-hydrogen) atoms. The molecule has 0 aliphatic heterocycles. The number of ether oxygens (including phenoxy) is 1. The molecule has 0 radical (unpaired) electrons. The van der Waals surface area contributed by atoms with E-state index >= 15 is 0 Å². The lowest BCUT2D eigenvalue weighted by Crippen LogP contribution is -2.19. The van der Waals surface area contributed by atoms with Gasteiger partial charge in [0.05, 0.1) is 0 Å². The van der Waals surface area contributed by atoms with Crippen LogP contribution in [0.4, 0.5) is 17.6 Å². The van der Waals surface area contributed by atoms with Crippen molar-refractivity contribution in [2.45, 2.75) is 6.36 Å². The number of halogens is 4. The van der Waals surface area contributed by atoms with Gasteiger partial charge in [-0.15, -0.1) is 13.2 Å². The first-order chi connectivity index (χ1) is 6.81. The van der Waals surface area contributed by atoms with Gasteiger partial charge in [0.1, 0.15) is 17.1 Å². The van der Waals surface area contributed by atoms with Gasteiger partial charge in [0, 0.05) is 0 Å². The van der Waals surface area contributed by atoms with E-state index in [-0.39, 0.29) is 0 Å². The Kier molecular flexibility index (Phi) is 2.83. The molecule has 1 aromatic carbocycles. The van der Waals surface area contributed by atoms with E-state index in [0.717, 1.165) is 18.2 Å². The molecule has 0 spiro atoms. The molecular weight excluding hydrogens is 220 g/mol. The lowest BCUT2D eigenvalue weighted by atomic mass is 10.2. The molecule has 0 aromatic heterocycles. The molecule has 0 amide bonds. The van der Waals surface area contributed by atoms with Crippen LogP contribution >= 0.6 is 0 Å². The monoisotopic (exact) mass is 224 g/mol. The molecule has 82 valence electrons. The van der Waals surface area contributed by atoms with Crippen LogP contribution in [0.3, 0.4) is 0 Å². The first kappa shape index (κ1) is 11.3. The van der Waals surface area contributed by atoms with E-state index in [1.165, 1.54) is 0 Å². The van der Waals surface area contributed by atoms with Crippen molar-refractivity contribution in [3.05, 3.63) is 29.6 Å². The van der Waals surface area contributed by atoms with Crippen LogP contribution in [0.25, 0.3) is 0 Å². The van der Waals surface area contributed by atoms with Crippen molar-refractivity contribution < 1.29 is 32.2 Å². The van der Waals surface area contributed by atoms with Gasteiger partial charge < -0.3 is 9.84 Å². The number of aromatic carboxylic acids is 1. The van der Waals surface area contributed by atoms with E-state index in [2.05, 4.69) is 4.74 Å². The molecular formula is C8H4F4O3. The van der Waals surface area contributed by atoms with Crippen molar-refractivity contribution in [2.24, 2.45) is 0 Å². The maximum Gasteiger partial charge on any atom is 0.573 e. The number of alkyl halides is 3. The van der Waals surface area contributed by atoms with E-state index < -0.39 is 29.5 Å². The third-order valence-corrected chi connectivity index (χ3v) is 1.41. The van der Waals surface area contributed by atoms with E-state index in [0.29, 0.717) is 0 Å². The molecule has 1 aromatic rings. The fraction of sp³-hybridized carbons (Fsp3) is 0.125. The highest BCUT2D eigenvalue weighted by Gasteiger charge is 2.33. The predicted molar refractivity (Wildman–Crippen MR) is 40.0 cm³/mol. The summed E-state index contributed by atoms with van der Waals surface area (Å²) in [5.74, 6) is -4.19. The fourth-order valence-electron chi connectivity index (χ4n) is 0.922. The van der Waals surface area contributed by atoms with Gasteiger partial charge in [-0.1, -0.05) is 6.07 Å². The number of hydrogen-bond donors (Lipinski definition) is 1. The molecule has 1 N–H and O–H groups in total. The second-order valence-electron chi connectivity index (χ2n) is 2.47. The maximum absolute atomic E-state index is 12.8. The molecule has 0 aliphatic rings. The minimum atomic E-state index is -5.06. The molecule has 0 atom stereocenters. The third kappa shape index (κ3) is 2.83. The minimum Gasteiger partial charge on any atom is -0.477 e. The predicted octanol–water partition coefficient (Wildman–Crippen LogP) is 2.42. The summed E-state index contributed by atoms with van der Waals surface area (Å²) in [6.45, 7) is 0. The zero-order valence-corrected chi connectivity index (χ0v) is 7.01. The zero-order chi connectivity index (χ0) is 11.6. The van der Waals surface area contributed by atoms with Gasteiger partial charge in [-0.2, -0.15) is 0 Å². The van der Waals surface area contributed by atoms with Gasteiger partial charge in [-0.25, -0.2) is 9.18 Å². The lowest BCUT2D eigenvalue weighted by molar-refractivity contribution is -0.274. The minimum absolute atomic E-state index is 0.722. The van der Waals surface area contributed by atoms with Crippen molar-refractivity contribution in [2.75, 3.05) is 0 Å². The largest absolute Gasteiger partial charge is 0.573 e. The van der Waals surface area contributed by atoms with Gasteiger partial charge in [-0.3, -0.25) is 0 Å². The summed E-state index contributed by atoms with van der Waals surface area (Å²) in [6, 6.07) is 2.37. The van der Waals surface area contributed by atoms with Crippen molar-refractivity contribution in [3.63, 3.8) is 0 Å². The maximum atomic E-state index is 12.8. The third-order valence-electron chi connectivity index (χ3n) is 1.41. The number of carboxylic acid groups (broad SMARTS) is 1. The fourth-order valence-corrected chi connectivity index (χ4v) is 0.922. The average Bonchev–Trinajstić information content (AvgIpc) is 1.99. The van der Waals surface area contributed by atoms with Crippen LogP contribution in [0.2, 0.25) is 0 Å². The average molecular weight is 224 g/mol. The Morgan fingerprint density at radius 1 is 1.33 bits per heavy atom. The highest BCUT2D eigenvalue weighted by molar-refractivity contribution is 5.91. The Labute approximate surface area is 80.9 Å². The molecule has 7 heteroatoms. The molecule has 3 nitrogen and oxygen atoms in total. The molecule has 0 heterocycles. The van der Waals surface area contributed by atoms with E-state index in [1.807, 2.05) is 0 Å². The smallest absolute Gasteiger partial charge is 0.477 e. The van der Waals surface area contributed by atoms with Crippen LogP contribution in [0, 0.1) is 5.82 Å².